The van der Waals surface area contributed by atoms with Crippen molar-refractivity contribution in [2.24, 2.45) is 0 Å². The molecule has 3 rings (SSSR count). The zero-order valence-electron chi connectivity index (χ0n) is 10.2. The van der Waals surface area contributed by atoms with Crippen molar-refractivity contribution in [3.63, 3.8) is 0 Å². The largest absolute Gasteiger partial charge is 0.441 e. The second kappa shape index (κ2) is 4.61. The number of rotatable bonds is 2. The van der Waals surface area contributed by atoms with Crippen LogP contribution in [0.4, 0.5) is 4.79 Å². The van der Waals surface area contributed by atoms with Gasteiger partial charge in [-0.2, -0.15) is 0 Å². The highest BCUT2D eigenvalue weighted by Crippen LogP contribution is 2.33. The number of aliphatic hydroxyl groups is 1. The van der Waals surface area contributed by atoms with Crippen LogP contribution in [0, 0.1) is 0 Å². The van der Waals surface area contributed by atoms with E-state index in [4.69, 9.17) is 4.74 Å². The number of nitrogens with zero attached hydrogens (tertiary/aromatic N) is 1. The van der Waals surface area contributed by atoms with Crippen LogP contribution in [0.5, 0.6) is 0 Å². The lowest BCUT2D eigenvalue weighted by Gasteiger charge is -2.31. The lowest BCUT2D eigenvalue weighted by molar-refractivity contribution is -0.00732. The summed E-state index contributed by atoms with van der Waals surface area (Å²) in [7, 11) is 0. The van der Waals surface area contributed by atoms with Crippen LogP contribution in [0.25, 0.3) is 0 Å². The first kappa shape index (κ1) is 11.5. The molecule has 1 amide bonds. The van der Waals surface area contributed by atoms with E-state index in [1.54, 1.807) is 4.90 Å². The first-order chi connectivity index (χ1) is 8.75. The molecular weight excluding hydrogens is 230 g/mol. The minimum absolute atomic E-state index is 0.0291. The SMILES string of the molecule is O=C1O[C@H]2[C@H](O)CCC[C@H]2N1Cc1ccccc1. The molecule has 2 aliphatic rings. The van der Waals surface area contributed by atoms with Crippen LogP contribution in [0.2, 0.25) is 0 Å². The number of fused-ring (bicyclic) bond motifs is 1. The van der Waals surface area contributed by atoms with Gasteiger partial charge in [0.05, 0.1) is 12.1 Å². The van der Waals surface area contributed by atoms with Gasteiger partial charge in [0.25, 0.3) is 0 Å². The molecule has 0 aromatic heterocycles. The Morgan fingerprint density at radius 1 is 1.28 bits per heavy atom. The molecule has 2 fully saturated rings. The van der Waals surface area contributed by atoms with E-state index in [9.17, 15) is 9.90 Å². The standard InChI is InChI=1S/C14H17NO3/c16-12-8-4-7-11-13(12)18-14(17)15(11)9-10-5-2-1-3-6-10/h1-3,5-6,11-13,16H,4,7-9H2/t11-,12-,13-/m1/s1. The second-order valence-corrected chi connectivity index (χ2v) is 5.03. The number of benzene rings is 1. The molecule has 4 heteroatoms. The van der Waals surface area contributed by atoms with Crippen molar-refractivity contribution in [1.29, 1.82) is 0 Å². The van der Waals surface area contributed by atoms with Gasteiger partial charge in [-0.1, -0.05) is 30.3 Å². The highest BCUT2D eigenvalue weighted by Gasteiger charge is 2.46. The molecule has 1 saturated heterocycles. The van der Waals surface area contributed by atoms with E-state index in [0.717, 1.165) is 24.8 Å². The zero-order valence-corrected chi connectivity index (χ0v) is 10.2. The van der Waals surface area contributed by atoms with Crippen molar-refractivity contribution in [1.82, 2.24) is 4.90 Å². The van der Waals surface area contributed by atoms with Gasteiger partial charge in [-0.25, -0.2) is 4.79 Å². The maximum Gasteiger partial charge on any atom is 0.410 e. The van der Waals surface area contributed by atoms with Crippen LogP contribution < -0.4 is 0 Å². The molecule has 0 bridgehead atoms. The maximum absolute atomic E-state index is 11.9. The first-order valence-electron chi connectivity index (χ1n) is 6.45. The normalized spacial score (nSPS) is 31.1. The monoisotopic (exact) mass is 247 g/mol. The summed E-state index contributed by atoms with van der Waals surface area (Å²) in [6, 6.07) is 9.91. The summed E-state index contributed by atoms with van der Waals surface area (Å²) in [5.41, 5.74) is 1.09. The van der Waals surface area contributed by atoms with Gasteiger partial charge >= 0.3 is 6.09 Å². The molecule has 1 aliphatic carbocycles. The molecule has 1 aliphatic heterocycles. The number of aliphatic hydroxyl groups excluding tert-OH is 1. The number of amides is 1. The van der Waals surface area contributed by atoms with Crippen molar-refractivity contribution in [3.8, 4) is 0 Å². The van der Waals surface area contributed by atoms with E-state index in [-0.39, 0.29) is 18.2 Å². The maximum atomic E-state index is 11.9. The minimum Gasteiger partial charge on any atom is -0.441 e. The topological polar surface area (TPSA) is 49.8 Å². The van der Waals surface area contributed by atoms with Crippen molar-refractivity contribution in [2.75, 3.05) is 0 Å². The summed E-state index contributed by atoms with van der Waals surface area (Å²) in [4.78, 5) is 13.6. The van der Waals surface area contributed by atoms with Gasteiger partial charge in [-0.15, -0.1) is 0 Å². The van der Waals surface area contributed by atoms with E-state index in [1.807, 2.05) is 30.3 Å². The van der Waals surface area contributed by atoms with Crippen molar-refractivity contribution in [2.45, 2.75) is 44.1 Å². The summed E-state index contributed by atoms with van der Waals surface area (Å²) < 4.78 is 5.30. The molecule has 0 unspecified atom stereocenters. The Morgan fingerprint density at radius 3 is 2.83 bits per heavy atom. The van der Waals surface area contributed by atoms with Crippen LogP contribution in [0.3, 0.4) is 0 Å². The van der Waals surface area contributed by atoms with E-state index in [1.165, 1.54) is 0 Å². The molecule has 1 aromatic rings. The van der Waals surface area contributed by atoms with Crippen LogP contribution in [0.1, 0.15) is 24.8 Å². The third-order valence-electron chi connectivity index (χ3n) is 3.83. The Labute approximate surface area is 106 Å². The predicted octanol–water partition coefficient (Wildman–Crippen LogP) is 1.92. The third kappa shape index (κ3) is 1.97. The fraction of sp³-hybridized carbons (Fsp3) is 0.500. The smallest absolute Gasteiger partial charge is 0.410 e. The number of carbonyl (C=O) groups excluding carboxylic acids is 1. The number of hydrogen-bond donors (Lipinski definition) is 1. The summed E-state index contributed by atoms with van der Waals surface area (Å²) in [5, 5.41) is 9.88. The molecule has 1 heterocycles. The van der Waals surface area contributed by atoms with Crippen LogP contribution in [-0.2, 0) is 11.3 Å². The molecular formula is C14H17NO3. The molecule has 1 N–H and O–H groups in total. The molecule has 0 radical (unpaired) electrons. The number of hydrogen-bond acceptors (Lipinski definition) is 3. The van der Waals surface area contributed by atoms with Crippen LogP contribution in [0.15, 0.2) is 30.3 Å². The van der Waals surface area contributed by atoms with E-state index < -0.39 is 6.10 Å². The third-order valence-corrected chi connectivity index (χ3v) is 3.83. The van der Waals surface area contributed by atoms with Crippen molar-refractivity contribution in [3.05, 3.63) is 35.9 Å². The molecule has 4 nitrogen and oxygen atoms in total. The van der Waals surface area contributed by atoms with Crippen LogP contribution >= 0.6 is 0 Å². The van der Waals surface area contributed by atoms with Gasteiger partial charge in [-0.3, -0.25) is 4.90 Å². The Kier molecular flexibility index (Phi) is 2.96. The van der Waals surface area contributed by atoms with Gasteiger partial charge in [0, 0.05) is 6.54 Å². The summed E-state index contributed by atoms with van der Waals surface area (Å²) in [6.07, 6.45) is 1.45. The minimum atomic E-state index is -0.506. The molecule has 1 saturated carbocycles. The van der Waals surface area contributed by atoms with E-state index in [0.29, 0.717) is 6.54 Å². The highest BCUT2D eigenvalue weighted by molar-refractivity contribution is 5.71. The Hall–Kier alpha value is -1.55. The fourth-order valence-electron chi connectivity index (χ4n) is 2.89. The number of carbonyl (C=O) groups is 1. The van der Waals surface area contributed by atoms with Crippen molar-refractivity contribution >= 4 is 6.09 Å². The average molecular weight is 247 g/mol. The molecule has 96 valence electrons. The van der Waals surface area contributed by atoms with Gasteiger partial charge in [-0.05, 0) is 24.8 Å². The lowest BCUT2D eigenvalue weighted by atomic mass is 9.90. The van der Waals surface area contributed by atoms with Crippen LogP contribution in [-0.4, -0.2) is 34.3 Å². The molecule has 1 aromatic carbocycles. The second-order valence-electron chi connectivity index (χ2n) is 5.03. The quantitative estimate of drug-likeness (QED) is 0.868. The molecule has 3 atom stereocenters. The Morgan fingerprint density at radius 2 is 2.06 bits per heavy atom. The van der Waals surface area contributed by atoms with E-state index in [2.05, 4.69) is 0 Å². The zero-order chi connectivity index (χ0) is 12.5. The highest BCUT2D eigenvalue weighted by atomic mass is 16.6. The lowest BCUT2D eigenvalue weighted by Crippen LogP contribution is -2.44. The van der Waals surface area contributed by atoms with Crippen molar-refractivity contribution < 1.29 is 14.6 Å². The van der Waals surface area contributed by atoms with Gasteiger partial charge in [0.2, 0.25) is 0 Å². The van der Waals surface area contributed by atoms with Gasteiger partial charge < -0.3 is 9.84 Å². The summed E-state index contributed by atoms with van der Waals surface area (Å²) >= 11 is 0. The summed E-state index contributed by atoms with van der Waals surface area (Å²) in [5.74, 6) is 0. The first-order valence-corrected chi connectivity index (χ1v) is 6.45. The van der Waals surface area contributed by atoms with Gasteiger partial charge in [0.1, 0.15) is 6.10 Å². The molecule has 0 spiro atoms. The predicted molar refractivity (Wildman–Crippen MR) is 65.9 cm³/mol. The van der Waals surface area contributed by atoms with E-state index >= 15 is 0 Å². The number of ether oxygens (including phenoxy) is 1. The average Bonchev–Trinajstić information content (AvgIpc) is 2.70. The Bertz CT molecular complexity index is 434. The Balaban J connectivity index is 1.77. The van der Waals surface area contributed by atoms with Gasteiger partial charge in [0.15, 0.2) is 0 Å². The summed E-state index contributed by atoms with van der Waals surface area (Å²) in [6.45, 7) is 0.563. The molecule has 18 heavy (non-hydrogen) atoms. The fourth-order valence-corrected chi connectivity index (χ4v) is 2.89.